The maximum atomic E-state index is 13.3. The Morgan fingerprint density at radius 3 is 2.47 bits per heavy atom. The molecule has 5 rings (SSSR count). The number of benzene rings is 2. The minimum atomic E-state index is -0.499. The van der Waals surface area contributed by atoms with E-state index in [4.69, 9.17) is 16.3 Å². The zero-order valence-corrected chi connectivity index (χ0v) is 19.4. The Kier molecular flexibility index (Phi) is 6.71. The van der Waals surface area contributed by atoms with Crippen molar-refractivity contribution in [2.24, 2.45) is 0 Å². The molecule has 0 radical (unpaired) electrons. The zero-order chi connectivity index (χ0) is 21.4. The first-order valence-corrected chi connectivity index (χ1v) is 11.2. The third-order valence-corrected chi connectivity index (χ3v) is 6.71. The summed E-state index contributed by atoms with van der Waals surface area (Å²) in [4.78, 5) is 32.8. The second-order valence-corrected chi connectivity index (χ2v) is 9.29. The predicted molar refractivity (Wildman–Crippen MR) is 128 cm³/mol. The van der Waals surface area contributed by atoms with Crippen molar-refractivity contribution in [1.82, 2.24) is 9.80 Å². The summed E-state index contributed by atoms with van der Waals surface area (Å²) in [5, 5.41) is 0. The Morgan fingerprint density at radius 1 is 0.969 bits per heavy atom. The number of urea groups is 1. The molecular formula is C23H21Cl2N3O3S. The zero-order valence-electron chi connectivity index (χ0n) is 17.0. The first-order valence-electron chi connectivity index (χ1n) is 10.0. The fraction of sp³-hybridized carbons (Fsp3) is 0.217. The first-order chi connectivity index (χ1) is 15.1. The van der Waals surface area contributed by atoms with Gasteiger partial charge in [0.1, 0.15) is 11.8 Å². The van der Waals surface area contributed by atoms with Crippen LogP contribution in [0.15, 0.2) is 66.7 Å². The molecule has 32 heavy (non-hydrogen) atoms. The Bertz CT molecular complexity index is 1120. The second-order valence-electron chi connectivity index (χ2n) is 7.49. The SMILES string of the molecule is Cl.O=C1C2CN(Cc3ccc(Cl)s3)CCN2C(=O)N1c1ccccc1Oc1ccccc1. The first kappa shape index (κ1) is 22.6. The molecule has 166 valence electrons. The molecule has 2 fully saturated rings. The molecule has 3 heterocycles. The Labute approximate surface area is 201 Å². The van der Waals surface area contributed by atoms with Crippen molar-refractivity contribution in [3.05, 3.63) is 75.9 Å². The van der Waals surface area contributed by atoms with Crippen molar-refractivity contribution in [1.29, 1.82) is 0 Å². The van der Waals surface area contributed by atoms with Crippen LogP contribution in [0.1, 0.15) is 4.88 Å². The van der Waals surface area contributed by atoms with Crippen LogP contribution in [-0.2, 0) is 11.3 Å². The number of anilines is 1. The van der Waals surface area contributed by atoms with E-state index in [1.165, 1.54) is 16.2 Å². The number of nitrogens with zero attached hydrogens (tertiary/aromatic N) is 3. The quantitative estimate of drug-likeness (QED) is 0.458. The highest BCUT2D eigenvalue weighted by molar-refractivity contribution is 7.16. The Balaban J connectivity index is 0.00000245. The predicted octanol–water partition coefficient (Wildman–Crippen LogP) is 5.27. The molecule has 2 aromatic carbocycles. The van der Waals surface area contributed by atoms with Gasteiger partial charge in [-0.2, -0.15) is 0 Å². The van der Waals surface area contributed by atoms with Crippen LogP contribution in [0.25, 0.3) is 0 Å². The second kappa shape index (κ2) is 9.50. The highest BCUT2D eigenvalue weighted by Crippen LogP contribution is 2.36. The molecule has 2 aliphatic heterocycles. The third-order valence-electron chi connectivity index (χ3n) is 5.49. The largest absolute Gasteiger partial charge is 0.455 e. The maximum absolute atomic E-state index is 13.3. The van der Waals surface area contributed by atoms with Gasteiger partial charge in [0, 0.05) is 31.1 Å². The van der Waals surface area contributed by atoms with Gasteiger partial charge in [-0.3, -0.25) is 9.69 Å². The number of piperazine rings is 1. The number of ether oxygens (including phenoxy) is 1. The summed E-state index contributed by atoms with van der Waals surface area (Å²) in [7, 11) is 0. The molecule has 6 nitrogen and oxygen atoms in total. The van der Waals surface area contributed by atoms with Crippen molar-refractivity contribution in [2.45, 2.75) is 12.6 Å². The van der Waals surface area contributed by atoms with Gasteiger partial charge in [0.25, 0.3) is 5.91 Å². The van der Waals surface area contributed by atoms with Gasteiger partial charge in [0.2, 0.25) is 0 Å². The van der Waals surface area contributed by atoms with Gasteiger partial charge in [-0.25, -0.2) is 9.69 Å². The van der Waals surface area contributed by atoms with E-state index in [1.54, 1.807) is 23.1 Å². The molecule has 0 saturated carbocycles. The number of fused-ring (bicyclic) bond motifs is 1. The fourth-order valence-electron chi connectivity index (χ4n) is 4.02. The van der Waals surface area contributed by atoms with Gasteiger partial charge < -0.3 is 9.64 Å². The number of halogens is 2. The molecule has 1 unspecified atom stereocenters. The van der Waals surface area contributed by atoms with E-state index in [2.05, 4.69) is 4.90 Å². The highest BCUT2D eigenvalue weighted by Gasteiger charge is 2.49. The van der Waals surface area contributed by atoms with Gasteiger partial charge in [-0.1, -0.05) is 41.9 Å². The van der Waals surface area contributed by atoms with E-state index in [0.29, 0.717) is 36.8 Å². The number of imide groups is 1. The van der Waals surface area contributed by atoms with Crippen molar-refractivity contribution in [3.63, 3.8) is 0 Å². The average molecular weight is 490 g/mol. The van der Waals surface area contributed by atoms with E-state index in [0.717, 1.165) is 15.8 Å². The van der Waals surface area contributed by atoms with Crippen LogP contribution < -0.4 is 9.64 Å². The lowest BCUT2D eigenvalue weighted by atomic mass is 10.1. The van der Waals surface area contributed by atoms with Gasteiger partial charge >= 0.3 is 6.03 Å². The number of thiophene rings is 1. The van der Waals surface area contributed by atoms with E-state index < -0.39 is 6.04 Å². The molecule has 1 aromatic heterocycles. The maximum Gasteiger partial charge on any atom is 0.332 e. The van der Waals surface area contributed by atoms with Crippen LogP contribution in [0.5, 0.6) is 11.5 Å². The van der Waals surface area contributed by atoms with Gasteiger partial charge in [0.15, 0.2) is 5.75 Å². The minimum absolute atomic E-state index is 0. The molecule has 0 aliphatic carbocycles. The van der Waals surface area contributed by atoms with E-state index in [9.17, 15) is 9.59 Å². The monoisotopic (exact) mass is 489 g/mol. The molecular weight excluding hydrogens is 469 g/mol. The summed E-state index contributed by atoms with van der Waals surface area (Å²) < 4.78 is 6.74. The molecule has 2 aliphatic rings. The number of amides is 3. The Hall–Kier alpha value is -2.58. The summed E-state index contributed by atoms with van der Waals surface area (Å²) in [5.74, 6) is 0.899. The fourth-order valence-corrected chi connectivity index (χ4v) is 5.15. The third kappa shape index (κ3) is 4.34. The summed E-state index contributed by atoms with van der Waals surface area (Å²) in [5.41, 5.74) is 0.465. The standard InChI is InChI=1S/C23H20ClN3O3S.ClH/c24-21-11-10-17(31-21)14-25-12-13-26-19(15-25)22(28)27(23(26)29)18-8-4-5-9-20(18)30-16-6-2-1-3-7-16;/h1-11,19H,12-15H2;1H. The number of carbonyl (C=O) groups is 2. The smallest absolute Gasteiger partial charge is 0.332 e. The molecule has 0 bridgehead atoms. The van der Waals surface area contributed by atoms with Crippen molar-refractivity contribution >= 4 is 53.0 Å². The Morgan fingerprint density at radius 2 is 1.72 bits per heavy atom. The summed E-state index contributed by atoms with van der Waals surface area (Å²) in [6, 6.07) is 19.6. The van der Waals surface area contributed by atoms with Crippen LogP contribution in [0, 0.1) is 0 Å². The number of para-hydroxylation sites is 3. The number of rotatable bonds is 5. The lowest BCUT2D eigenvalue weighted by molar-refractivity contribution is -0.121. The molecule has 2 saturated heterocycles. The molecule has 0 spiro atoms. The van der Waals surface area contributed by atoms with E-state index in [-0.39, 0.29) is 24.3 Å². The van der Waals surface area contributed by atoms with E-state index >= 15 is 0 Å². The summed E-state index contributed by atoms with van der Waals surface area (Å²) in [6.07, 6.45) is 0. The molecule has 0 N–H and O–H groups in total. The topological polar surface area (TPSA) is 53.1 Å². The minimum Gasteiger partial charge on any atom is -0.455 e. The normalized spacial score (nSPS) is 18.5. The van der Waals surface area contributed by atoms with Gasteiger partial charge in [0.05, 0.1) is 10.0 Å². The van der Waals surface area contributed by atoms with Crippen molar-refractivity contribution in [3.8, 4) is 11.5 Å². The molecule has 3 aromatic rings. The summed E-state index contributed by atoms with van der Waals surface area (Å²) >= 11 is 7.58. The molecule has 9 heteroatoms. The molecule has 3 amide bonds. The van der Waals surface area contributed by atoms with Crippen LogP contribution in [-0.4, -0.2) is 47.4 Å². The van der Waals surface area contributed by atoms with Gasteiger partial charge in [-0.05, 0) is 36.4 Å². The van der Waals surface area contributed by atoms with Gasteiger partial charge in [-0.15, -0.1) is 23.7 Å². The molecule has 1 atom stereocenters. The van der Waals surface area contributed by atoms with Crippen LogP contribution in [0.3, 0.4) is 0 Å². The van der Waals surface area contributed by atoms with Crippen molar-refractivity contribution < 1.29 is 14.3 Å². The van der Waals surface area contributed by atoms with Crippen molar-refractivity contribution in [2.75, 3.05) is 24.5 Å². The lowest BCUT2D eigenvalue weighted by Gasteiger charge is -2.34. The number of carbonyl (C=O) groups excluding carboxylic acids is 2. The number of hydrogen-bond acceptors (Lipinski definition) is 5. The highest BCUT2D eigenvalue weighted by atomic mass is 35.5. The lowest BCUT2D eigenvalue weighted by Crippen LogP contribution is -2.52. The van der Waals surface area contributed by atoms with Crippen LogP contribution >= 0.6 is 35.3 Å². The van der Waals surface area contributed by atoms with Crippen LogP contribution in [0.2, 0.25) is 4.34 Å². The summed E-state index contributed by atoms with van der Waals surface area (Å²) in [6.45, 7) is 2.43. The number of hydrogen-bond donors (Lipinski definition) is 0. The van der Waals surface area contributed by atoms with E-state index in [1.807, 2.05) is 48.5 Å². The average Bonchev–Trinajstić information content (AvgIpc) is 3.30. The van der Waals surface area contributed by atoms with Crippen LogP contribution in [0.4, 0.5) is 10.5 Å².